The number of carbonyl (C=O) groups is 1. The van der Waals surface area contributed by atoms with Crippen LogP contribution in [-0.2, 0) is 4.74 Å². The van der Waals surface area contributed by atoms with E-state index in [0.29, 0.717) is 5.56 Å². The minimum atomic E-state index is -0.344. The van der Waals surface area contributed by atoms with Gasteiger partial charge in [0.1, 0.15) is 6.61 Å². The molecule has 82 valence electrons. The number of nitrogens with zero attached hydrogens (tertiary/aromatic N) is 1. The summed E-state index contributed by atoms with van der Waals surface area (Å²) in [6.07, 6.45) is 4.97. The first-order valence-electron chi connectivity index (χ1n) is 5.06. The number of hydrogen-bond acceptors (Lipinski definition) is 4. The molecule has 4 heteroatoms. The van der Waals surface area contributed by atoms with Crippen LogP contribution in [0, 0.1) is 0 Å². The minimum Gasteiger partial charge on any atom is -0.460 e. The summed E-state index contributed by atoms with van der Waals surface area (Å²) in [5.41, 5.74) is 6.23. The van der Waals surface area contributed by atoms with Gasteiger partial charge in [-0.05, 0) is 18.6 Å². The monoisotopic (exact) mass is 208 g/mol. The number of ether oxygens (including phenoxy) is 1. The molecule has 0 saturated heterocycles. The van der Waals surface area contributed by atoms with E-state index in [1.807, 2.05) is 6.92 Å². The van der Waals surface area contributed by atoms with Gasteiger partial charge in [-0.15, -0.1) is 0 Å². The minimum absolute atomic E-state index is 0.0687. The van der Waals surface area contributed by atoms with E-state index in [1.54, 1.807) is 24.5 Å². The smallest absolute Gasteiger partial charge is 0.338 e. The molecule has 4 nitrogen and oxygen atoms in total. The molecular weight excluding hydrogens is 192 g/mol. The average molecular weight is 208 g/mol. The summed E-state index contributed by atoms with van der Waals surface area (Å²) in [6, 6.07) is 3.17. The van der Waals surface area contributed by atoms with Crippen LogP contribution in [0.25, 0.3) is 0 Å². The fourth-order valence-electron chi connectivity index (χ4n) is 1.21. The molecule has 0 radical (unpaired) electrons. The summed E-state index contributed by atoms with van der Waals surface area (Å²) in [5, 5.41) is 0. The SMILES string of the molecule is CCCC(N)COC(=O)c1ccncc1. The van der Waals surface area contributed by atoms with Crippen LogP contribution < -0.4 is 5.73 Å². The van der Waals surface area contributed by atoms with E-state index in [2.05, 4.69) is 4.98 Å². The first-order chi connectivity index (χ1) is 7.24. The van der Waals surface area contributed by atoms with Gasteiger partial charge in [-0.25, -0.2) is 4.79 Å². The fraction of sp³-hybridized carbons (Fsp3) is 0.455. The highest BCUT2D eigenvalue weighted by molar-refractivity contribution is 5.89. The standard InChI is InChI=1S/C11H16N2O2/c1-2-3-10(12)8-15-11(14)9-4-6-13-7-5-9/h4-7,10H,2-3,8,12H2,1H3. The number of carbonyl (C=O) groups excluding carboxylic acids is 1. The maximum Gasteiger partial charge on any atom is 0.338 e. The summed E-state index contributed by atoms with van der Waals surface area (Å²) < 4.78 is 5.05. The van der Waals surface area contributed by atoms with Crippen molar-refractivity contribution in [1.29, 1.82) is 0 Å². The van der Waals surface area contributed by atoms with Crippen LogP contribution in [0.1, 0.15) is 30.1 Å². The summed E-state index contributed by atoms with van der Waals surface area (Å²) in [5.74, 6) is -0.344. The van der Waals surface area contributed by atoms with Crippen LogP contribution in [0.5, 0.6) is 0 Å². The van der Waals surface area contributed by atoms with Crippen LogP contribution in [0.3, 0.4) is 0 Å². The van der Waals surface area contributed by atoms with Gasteiger partial charge >= 0.3 is 5.97 Å². The third-order valence-corrected chi connectivity index (χ3v) is 2.00. The second-order valence-corrected chi connectivity index (χ2v) is 3.38. The zero-order chi connectivity index (χ0) is 11.1. The van der Waals surface area contributed by atoms with Gasteiger partial charge in [0, 0.05) is 18.4 Å². The van der Waals surface area contributed by atoms with Gasteiger partial charge < -0.3 is 10.5 Å². The summed E-state index contributed by atoms with van der Waals surface area (Å²) in [6.45, 7) is 2.32. The third-order valence-electron chi connectivity index (χ3n) is 2.00. The van der Waals surface area contributed by atoms with Crippen molar-refractivity contribution < 1.29 is 9.53 Å². The lowest BCUT2D eigenvalue weighted by atomic mass is 10.2. The predicted molar refractivity (Wildman–Crippen MR) is 57.4 cm³/mol. The number of esters is 1. The molecule has 0 amide bonds. The molecule has 1 aromatic rings. The second kappa shape index (κ2) is 6.14. The van der Waals surface area contributed by atoms with Crippen LogP contribution >= 0.6 is 0 Å². The predicted octanol–water partition coefficient (Wildman–Crippen LogP) is 1.37. The Bertz CT molecular complexity index is 301. The Kier molecular flexibility index (Phi) is 4.77. The van der Waals surface area contributed by atoms with Crippen LogP contribution in [-0.4, -0.2) is 23.6 Å². The van der Waals surface area contributed by atoms with Crippen molar-refractivity contribution in [1.82, 2.24) is 4.98 Å². The number of aromatic nitrogens is 1. The Morgan fingerprint density at radius 3 is 2.80 bits per heavy atom. The molecule has 0 saturated carbocycles. The molecule has 0 bridgehead atoms. The van der Waals surface area contributed by atoms with E-state index in [1.165, 1.54) is 0 Å². The van der Waals surface area contributed by atoms with E-state index in [-0.39, 0.29) is 18.6 Å². The fourth-order valence-corrected chi connectivity index (χ4v) is 1.21. The molecule has 0 spiro atoms. The number of hydrogen-bond donors (Lipinski definition) is 1. The van der Waals surface area contributed by atoms with Gasteiger partial charge in [0.2, 0.25) is 0 Å². The van der Waals surface area contributed by atoms with Crippen molar-refractivity contribution in [3.8, 4) is 0 Å². The molecule has 0 fully saturated rings. The van der Waals surface area contributed by atoms with E-state index in [9.17, 15) is 4.79 Å². The highest BCUT2D eigenvalue weighted by Crippen LogP contribution is 2.01. The van der Waals surface area contributed by atoms with Crippen molar-refractivity contribution >= 4 is 5.97 Å². The van der Waals surface area contributed by atoms with E-state index in [4.69, 9.17) is 10.5 Å². The number of rotatable bonds is 5. The van der Waals surface area contributed by atoms with E-state index < -0.39 is 0 Å². The Morgan fingerprint density at radius 2 is 2.20 bits per heavy atom. The Balaban J connectivity index is 2.37. The largest absolute Gasteiger partial charge is 0.460 e. The van der Waals surface area contributed by atoms with Crippen LogP contribution in [0.4, 0.5) is 0 Å². The lowest BCUT2D eigenvalue weighted by Crippen LogP contribution is -2.27. The maximum atomic E-state index is 11.4. The molecule has 0 aliphatic rings. The highest BCUT2D eigenvalue weighted by Gasteiger charge is 2.08. The lowest BCUT2D eigenvalue weighted by Gasteiger charge is -2.10. The van der Waals surface area contributed by atoms with Gasteiger partial charge in [-0.2, -0.15) is 0 Å². The molecule has 0 aromatic carbocycles. The topological polar surface area (TPSA) is 65.2 Å². The number of nitrogens with two attached hydrogens (primary N) is 1. The van der Waals surface area contributed by atoms with Gasteiger partial charge in [-0.1, -0.05) is 13.3 Å². The summed E-state index contributed by atoms with van der Waals surface area (Å²) >= 11 is 0. The van der Waals surface area contributed by atoms with Crippen LogP contribution in [0.15, 0.2) is 24.5 Å². The molecule has 1 rings (SSSR count). The van der Waals surface area contributed by atoms with Crippen molar-refractivity contribution in [2.45, 2.75) is 25.8 Å². The first kappa shape index (κ1) is 11.7. The van der Waals surface area contributed by atoms with E-state index in [0.717, 1.165) is 12.8 Å². The zero-order valence-electron chi connectivity index (χ0n) is 8.85. The Labute approximate surface area is 89.5 Å². The molecule has 15 heavy (non-hydrogen) atoms. The van der Waals surface area contributed by atoms with Gasteiger partial charge in [-0.3, -0.25) is 4.98 Å². The van der Waals surface area contributed by atoms with Gasteiger partial charge in [0.15, 0.2) is 0 Å². The van der Waals surface area contributed by atoms with Gasteiger partial charge in [0.25, 0.3) is 0 Å². The van der Waals surface area contributed by atoms with Crippen molar-refractivity contribution in [3.05, 3.63) is 30.1 Å². The quantitative estimate of drug-likeness (QED) is 0.742. The van der Waals surface area contributed by atoms with Crippen molar-refractivity contribution in [2.24, 2.45) is 5.73 Å². The van der Waals surface area contributed by atoms with Crippen molar-refractivity contribution in [3.63, 3.8) is 0 Å². The molecule has 1 heterocycles. The highest BCUT2D eigenvalue weighted by atomic mass is 16.5. The maximum absolute atomic E-state index is 11.4. The van der Waals surface area contributed by atoms with Crippen molar-refractivity contribution in [2.75, 3.05) is 6.61 Å². The lowest BCUT2D eigenvalue weighted by molar-refractivity contribution is 0.0477. The third kappa shape index (κ3) is 4.08. The van der Waals surface area contributed by atoms with Crippen LogP contribution in [0.2, 0.25) is 0 Å². The molecule has 0 aliphatic carbocycles. The average Bonchev–Trinajstić information content (AvgIpc) is 2.27. The molecule has 1 aromatic heterocycles. The Morgan fingerprint density at radius 1 is 1.53 bits per heavy atom. The van der Waals surface area contributed by atoms with E-state index >= 15 is 0 Å². The first-order valence-corrected chi connectivity index (χ1v) is 5.06. The zero-order valence-corrected chi connectivity index (χ0v) is 8.85. The molecule has 2 N–H and O–H groups in total. The Hall–Kier alpha value is -1.42. The number of pyridine rings is 1. The molecule has 0 aliphatic heterocycles. The van der Waals surface area contributed by atoms with Gasteiger partial charge in [0.05, 0.1) is 5.56 Å². The normalized spacial score (nSPS) is 12.1. The second-order valence-electron chi connectivity index (χ2n) is 3.38. The molecular formula is C11H16N2O2. The molecule has 1 atom stereocenters. The summed E-state index contributed by atoms with van der Waals surface area (Å²) in [7, 11) is 0. The summed E-state index contributed by atoms with van der Waals surface area (Å²) in [4.78, 5) is 15.3. The molecule has 1 unspecified atom stereocenters.